The van der Waals surface area contributed by atoms with Crippen LogP contribution >= 0.6 is 0 Å². The van der Waals surface area contributed by atoms with Crippen LogP contribution in [0.5, 0.6) is 23.0 Å². The highest BCUT2D eigenvalue weighted by molar-refractivity contribution is 5.91. The Bertz CT molecular complexity index is 1840. The largest absolute Gasteiger partial charge is 0.493 e. The third-order valence-corrected chi connectivity index (χ3v) is 11.5. The number of carbonyl (C=O) groups is 2. The predicted molar refractivity (Wildman–Crippen MR) is 213 cm³/mol. The minimum absolute atomic E-state index is 0.0290. The van der Waals surface area contributed by atoms with Crippen LogP contribution < -0.4 is 18.9 Å². The summed E-state index contributed by atoms with van der Waals surface area (Å²) in [5, 5.41) is 20.1. The summed E-state index contributed by atoms with van der Waals surface area (Å²) in [6.45, 7) is 6.35. The highest BCUT2D eigenvalue weighted by Crippen LogP contribution is 2.40. The molecule has 0 amide bonds. The second-order valence-electron chi connectivity index (χ2n) is 15.1. The molecule has 1 saturated heterocycles. The van der Waals surface area contributed by atoms with Crippen molar-refractivity contribution in [2.24, 2.45) is 0 Å². The summed E-state index contributed by atoms with van der Waals surface area (Å²) < 4.78 is 40.1. The standard InChI is InChI=1S/C44H60N2O11/c1-45(17-14-34-27-35(30-47)36(31-48)28-37(34)38(45)24-32-8-10-39(51-2)41(25-32)53-4)15-6-20-56-43(49)12-13-44(50)57-21-7-16-46(18-22-55-23-19-46)29-33-9-11-40(52-3)42(26-33)54-5/h8-13,25-28,38,47-48H,6-7,14-24,29-31H2,1-5H3/q+2/b13-12-/t38-,45-/m1/s1. The number of morpholine rings is 1. The summed E-state index contributed by atoms with van der Waals surface area (Å²) in [5.41, 5.74) is 5.97. The van der Waals surface area contributed by atoms with E-state index in [-0.39, 0.29) is 32.5 Å². The Labute approximate surface area is 336 Å². The maximum Gasteiger partial charge on any atom is 0.331 e. The van der Waals surface area contributed by atoms with Crippen molar-refractivity contribution in [1.82, 2.24) is 0 Å². The van der Waals surface area contributed by atoms with Crippen molar-refractivity contribution in [2.45, 2.75) is 51.5 Å². The van der Waals surface area contributed by atoms with Gasteiger partial charge in [-0.3, -0.25) is 0 Å². The molecule has 1 fully saturated rings. The third-order valence-electron chi connectivity index (χ3n) is 11.5. The SMILES string of the molecule is COc1ccc(C[C@@H]2c3cc(CO)c(CO)cc3CC[N@@+]2(C)CCCOC(=O)/C=C\C(=O)OCCC[N+]2(Cc3ccc(OC)c(OC)c3)CCOCC2)cc1OC. The number of benzene rings is 3. The third kappa shape index (κ3) is 11.3. The number of ether oxygens (including phenoxy) is 7. The summed E-state index contributed by atoms with van der Waals surface area (Å²) >= 11 is 0. The van der Waals surface area contributed by atoms with E-state index in [0.717, 1.165) is 95.7 Å². The van der Waals surface area contributed by atoms with E-state index in [0.29, 0.717) is 60.0 Å². The van der Waals surface area contributed by atoms with Crippen LogP contribution in [0.3, 0.4) is 0 Å². The monoisotopic (exact) mass is 792 g/mol. The molecule has 13 nitrogen and oxygen atoms in total. The van der Waals surface area contributed by atoms with Gasteiger partial charge in [0.05, 0.1) is 94.8 Å². The summed E-state index contributed by atoms with van der Waals surface area (Å²) in [4.78, 5) is 25.1. The van der Waals surface area contributed by atoms with Crippen LogP contribution in [0.4, 0.5) is 0 Å². The molecule has 0 unspecified atom stereocenters. The number of carbonyl (C=O) groups excluding carboxylic acids is 2. The summed E-state index contributed by atoms with van der Waals surface area (Å²) in [7, 11) is 8.69. The minimum Gasteiger partial charge on any atom is -0.493 e. The van der Waals surface area contributed by atoms with Gasteiger partial charge in [-0.25, -0.2) is 9.59 Å². The molecule has 2 N–H and O–H groups in total. The van der Waals surface area contributed by atoms with Crippen molar-refractivity contribution in [3.8, 4) is 23.0 Å². The first-order valence-corrected chi connectivity index (χ1v) is 19.7. The number of likely N-dealkylation sites (N-methyl/N-ethyl adjacent to an activating group) is 1. The highest BCUT2D eigenvalue weighted by atomic mass is 16.5. The van der Waals surface area contributed by atoms with Gasteiger partial charge in [-0.2, -0.15) is 0 Å². The van der Waals surface area contributed by atoms with Crippen LogP contribution in [0, 0.1) is 0 Å². The van der Waals surface area contributed by atoms with E-state index in [4.69, 9.17) is 33.2 Å². The first-order valence-electron chi connectivity index (χ1n) is 19.7. The number of fused-ring (bicyclic) bond motifs is 1. The Balaban J connectivity index is 1.12. The van der Waals surface area contributed by atoms with E-state index in [1.165, 1.54) is 0 Å². The van der Waals surface area contributed by atoms with Gasteiger partial charge in [0.15, 0.2) is 23.0 Å². The lowest BCUT2D eigenvalue weighted by atomic mass is 9.84. The van der Waals surface area contributed by atoms with Crippen LogP contribution in [-0.2, 0) is 56.4 Å². The topological polar surface area (TPSA) is 139 Å². The van der Waals surface area contributed by atoms with E-state index in [1.807, 2.05) is 42.5 Å². The van der Waals surface area contributed by atoms with Crippen LogP contribution in [0.25, 0.3) is 0 Å². The second-order valence-corrected chi connectivity index (χ2v) is 15.1. The fraction of sp³-hybridized carbons (Fsp3) is 0.500. The number of hydrogen-bond acceptors (Lipinski definition) is 11. The molecular formula is C44H60N2O11+2. The Morgan fingerprint density at radius 1 is 0.719 bits per heavy atom. The molecule has 2 aliphatic rings. The maximum absolute atomic E-state index is 12.6. The molecule has 3 aromatic carbocycles. The lowest BCUT2D eigenvalue weighted by Crippen LogP contribution is -2.55. The van der Waals surface area contributed by atoms with Gasteiger partial charge in [-0.05, 0) is 58.7 Å². The average molecular weight is 793 g/mol. The van der Waals surface area contributed by atoms with Crippen LogP contribution in [-0.4, -0.2) is 126 Å². The van der Waals surface area contributed by atoms with Gasteiger partial charge < -0.3 is 52.3 Å². The first-order chi connectivity index (χ1) is 27.6. The number of methoxy groups -OCH3 is 4. The smallest absolute Gasteiger partial charge is 0.331 e. The summed E-state index contributed by atoms with van der Waals surface area (Å²) in [6, 6.07) is 16.0. The van der Waals surface area contributed by atoms with E-state index in [9.17, 15) is 19.8 Å². The number of esters is 2. The molecular weight excluding hydrogens is 732 g/mol. The summed E-state index contributed by atoms with van der Waals surface area (Å²) in [6.07, 6.45) is 5.02. The quantitative estimate of drug-likeness (QED) is 0.0726. The molecule has 5 rings (SSSR count). The van der Waals surface area contributed by atoms with Crippen molar-refractivity contribution < 1.29 is 61.9 Å². The Kier molecular flexibility index (Phi) is 15.8. The molecule has 13 heteroatoms. The van der Waals surface area contributed by atoms with Crippen molar-refractivity contribution in [1.29, 1.82) is 0 Å². The highest BCUT2D eigenvalue weighted by Gasteiger charge is 2.39. The van der Waals surface area contributed by atoms with E-state index in [1.54, 1.807) is 28.4 Å². The Morgan fingerprint density at radius 3 is 1.84 bits per heavy atom. The number of hydrogen-bond donors (Lipinski definition) is 2. The van der Waals surface area contributed by atoms with Gasteiger partial charge >= 0.3 is 11.9 Å². The van der Waals surface area contributed by atoms with Gasteiger partial charge in [0, 0.05) is 49.0 Å². The molecule has 0 saturated carbocycles. The molecule has 0 radical (unpaired) electrons. The molecule has 0 spiro atoms. The number of rotatable bonds is 20. The minimum atomic E-state index is -0.600. The first kappa shape index (κ1) is 43.5. The lowest BCUT2D eigenvalue weighted by molar-refractivity contribution is -0.947. The van der Waals surface area contributed by atoms with Crippen molar-refractivity contribution >= 4 is 11.9 Å². The molecule has 2 atom stereocenters. The number of nitrogens with zero attached hydrogens (tertiary/aromatic N) is 2. The van der Waals surface area contributed by atoms with Crippen LogP contribution in [0.1, 0.15) is 52.3 Å². The number of aliphatic hydroxyl groups excluding tert-OH is 2. The maximum atomic E-state index is 12.6. The van der Waals surface area contributed by atoms with Gasteiger partial charge in [0.1, 0.15) is 25.7 Å². The zero-order valence-electron chi connectivity index (χ0n) is 34.1. The van der Waals surface area contributed by atoms with E-state index >= 15 is 0 Å². The van der Waals surface area contributed by atoms with Gasteiger partial charge in [0.25, 0.3) is 0 Å². The van der Waals surface area contributed by atoms with Crippen LogP contribution in [0.15, 0.2) is 60.7 Å². The molecule has 2 heterocycles. The number of aliphatic hydroxyl groups is 2. The zero-order valence-corrected chi connectivity index (χ0v) is 34.1. The average Bonchev–Trinajstić information content (AvgIpc) is 3.24. The molecule has 0 aromatic heterocycles. The normalized spacial score (nSPS) is 18.8. The van der Waals surface area contributed by atoms with Gasteiger partial charge in [-0.15, -0.1) is 0 Å². The number of quaternary nitrogens is 2. The molecule has 3 aromatic rings. The summed E-state index contributed by atoms with van der Waals surface area (Å²) in [5.74, 6) is 1.50. The molecule has 57 heavy (non-hydrogen) atoms. The Morgan fingerprint density at radius 2 is 1.26 bits per heavy atom. The van der Waals surface area contributed by atoms with Crippen molar-refractivity contribution in [2.75, 3.05) is 94.6 Å². The van der Waals surface area contributed by atoms with E-state index < -0.39 is 11.9 Å². The van der Waals surface area contributed by atoms with Crippen LogP contribution in [0.2, 0.25) is 0 Å². The Hall–Kier alpha value is -4.66. The second kappa shape index (κ2) is 20.7. The molecule has 310 valence electrons. The van der Waals surface area contributed by atoms with Crippen molar-refractivity contribution in [3.05, 3.63) is 94.1 Å². The zero-order chi connectivity index (χ0) is 40.8. The molecule has 0 bridgehead atoms. The molecule has 0 aliphatic carbocycles. The predicted octanol–water partition coefficient (Wildman–Crippen LogP) is 4.46. The van der Waals surface area contributed by atoms with Gasteiger partial charge in [0.2, 0.25) is 0 Å². The van der Waals surface area contributed by atoms with Gasteiger partial charge in [-0.1, -0.05) is 12.1 Å². The molecule has 2 aliphatic heterocycles. The fourth-order valence-corrected chi connectivity index (χ4v) is 8.24. The lowest BCUT2D eigenvalue weighted by Gasteiger charge is -2.46. The van der Waals surface area contributed by atoms with Crippen molar-refractivity contribution in [3.63, 3.8) is 0 Å². The van der Waals surface area contributed by atoms with E-state index in [2.05, 4.69) is 13.1 Å². The fourth-order valence-electron chi connectivity index (χ4n) is 8.24.